The van der Waals surface area contributed by atoms with Crippen LogP contribution in [0, 0.1) is 10.8 Å². The van der Waals surface area contributed by atoms with Gasteiger partial charge < -0.3 is 19.7 Å². The molecule has 2 heterocycles. The number of aliphatic hydroxyl groups excluding tert-OH is 2. The normalized spacial score (nSPS) is 26.5. The fourth-order valence-corrected chi connectivity index (χ4v) is 5.55. The molecule has 4 heteroatoms. The van der Waals surface area contributed by atoms with E-state index in [1.807, 2.05) is 0 Å². The Balaban J connectivity index is 1.58. The third kappa shape index (κ3) is 8.33. The highest BCUT2D eigenvalue weighted by atomic mass is 16.5. The fourth-order valence-electron chi connectivity index (χ4n) is 5.55. The molecule has 1 aromatic carbocycles. The van der Waals surface area contributed by atoms with E-state index in [1.54, 1.807) is 0 Å². The SMILES string of the molecule is CC(C)(CO)CCCC1CCCC(c2ccccc2C2CCCC(CCCC(C)(C)CO)O2)O1. The molecule has 2 N–H and O–H groups in total. The van der Waals surface area contributed by atoms with Crippen molar-refractivity contribution < 1.29 is 19.7 Å². The van der Waals surface area contributed by atoms with E-state index in [0.29, 0.717) is 12.2 Å². The van der Waals surface area contributed by atoms with Crippen LogP contribution in [-0.4, -0.2) is 35.6 Å². The molecular weight excluding hydrogens is 424 g/mol. The molecule has 34 heavy (non-hydrogen) atoms. The monoisotopic (exact) mass is 474 g/mol. The number of aliphatic hydroxyl groups is 2. The molecule has 2 aliphatic rings. The Bertz CT molecular complexity index is 667. The maximum absolute atomic E-state index is 9.54. The van der Waals surface area contributed by atoms with Crippen LogP contribution >= 0.6 is 0 Å². The summed E-state index contributed by atoms with van der Waals surface area (Å²) in [5, 5.41) is 19.1. The summed E-state index contributed by atoms with van der Waals surface area (Å²) in [4.78, 5) is 0. The number of hydrogen-bond acceptors (Lipinski definition) is 4. The molecule has 0 spiro atoms. The summed E-state index contributed by atoms with van der Waals surface area (Å²) < 4.78 is 13.3. The van der Waals surface area contributed by atoms with Gasteiger partial charge in [-0.2, -0.15) is 0 Å². The van der Waals surface area contributed by atoms with Gasteiger partial charge >= 0.3 is 0 Å². The number of benzene rings is 1. The predicted molar refractivity (Wildman–Crippen MR) is 139 cm³/mol. The number of rotatable bonds is 12. The summed E-state index contributed by atoms with van der Waals surface area (Å²) in [6.45, 7) is 9.04. The average Bonchev–Trinajstić information content (AvgIpc) is 2.84. The average molecular weight is 475 g/mol. The summed E-state index contributed by atoms with van der Waals surface area (Å²) in [6, 6.07) is 8.81. The van der Waals surface area contributed by atoms with E-state index in [0.717, 1.165) is 64.2 Å². The Morgan fingerprint density at radius 2 is 1.12 bits per heavy atom. The third-order valence-corrected chi connectivity index (χ3v) is 8.00. The molecule has 0 radical (unpaired) electrons. The highest BCUT2D eigenvalue weighted by molar-refractivity contribution is 5.32. The molecule has 194 valence electrons. The molecule has 0 aliphatic carbocycles. The molecule has 4 nitrogen and oxygen atoms in total. The van der Waals surface area contributed by atoms with Crippen LogP contribution in [0.4, 0.5) is 0 Å². The van der Waals surface area contributed by atoms with Crippen molar-refractivity contribution in [1.82, 2.24) is 0 Å². The second kappa shape index (κ2) is 12.9. The van der Waals surface area contributed by atoms with Crippen LogP contribution in [0.3, 0.4) is 0 Å². The van der Waals surface area contributed by atoms with Gasteiger partial charge in [0.2, 0.25) is 0 Å². The van der Waals surface area contributed by atoms with Gasteiger partial charge in [0.15, 0.2) is 0 Å². The quantitative estimate of drug-likeness (QED) is 0.334. The lowest BCUT2D eigenvalue weighted by Gasteiger charge is -2.36. The summed E-state index contributed by atoms with van der Waals surface area (Å²) >= 11 is 0. The fraction of sp³-hybridized carbons (Fsp3) is 0.800. The van der Waals surface area contributed by atoms with Crippen LogP contribution < -0.4 is 0 Å². The summed E-state index contributed by atoms with van der Waals surface area (Å²) in [5.74, 6) is 0. The molecular formula is C30H50O4. The molecule has 2 fully saturated rings. The predicted octanol–water partition coefficient (Wildman–Crippen LogP) is 7.28. The molecule has 0 saturated carbocycles. The Hall–Kier alpha value is -0.940. The zero-order valence-electron chi connectivity index (χ0n) is 22.2. The van der Waals surface area contributed by atoms with Gasteiger partial charge in [0, 0.05) is 13.2 Å². The Morgan fingerprint density at radius 3 is 1.50 bits per heavy atom. The van der Waals surface area contributed by atoms with Crippen molar-refractivity contribution >= 4 is 0 Å². The van der Waals surface area contributed by atoms with Crippen LogP contribution in [0.5, 0.6) is 0 Å². The molecule has 4 unspecified atom stereocenters. The highest BCUT2D eigenvalue weighted by Gasteiger charge is 2.30. The molecule has 0 bridgehead atoms. The van der Waals surface area contributed by atoms with E-state index in [-0.39, 0.29) is 36.3 Å². The van der Waals surface area contributed by atoms with E-state index in [9.17, 15) is 10.2 Å². The maximum Gasteiger partial charge on any atom is 0.0832 e. The summed E-state index contributed by atoms with van der Waals surface area (Å²) in [6.07, 6.45) is 14.3. The lowest BCUT2D eigenvalue weighted by atomic mass is 9.85. The molecule has 2 aliphatic heterocycles. The maximum atomic E-state index is 9.54. The minimum Gasteiger partial charge on any atom is -0.396 e. The van der Waals surface area contributed by atoms with Gasteiger partial charge in [-0.15, -0.1) is 0 Å². The van der Waals surface area contributed by atoms with Crippen LogP contribution in [-0.2, 0) is 9.47 Å². The number of ether oxygens (including phenoxy) is 2. The van der Waals surface area contributed by atoms with E-state index >= 15 is 0 Å². The van der Waals surface area contributed by atoms with Gasteiger partial charge in [-0.05, 0) is 86.2 Å². The molecule has 0 aromatic heterocycles. The van der Waals surface area contributed by atoms with Crippen LogP contribution in [0.2, 0.25) is 0 Å². The third-order valence-electron chi connectivity index (χ3n) is 8.00. The van der Waals surface area contributed by atoms with Crippen molar-refractivity contribution in [2.45, 2.75) is 129 Å². The van der Waals surface area contributed by atoms with Gasteiger partial charge in [0.25, 0.3) is 0 Å². The summed E-state index contributed by atoms with van der Waals surface area (Å²) in [7, 11) is 0. The summed E-state index contributed by atoms with van der Waals surface area (Å²) in [5.41, 5.74) is 2.66. The first-order valence-corrected chi connectivity index (χ1v) is 13.8. The topological polar surface area (TPSA) is 58.9 Å². The molecule has 2 saturated heterocycles. The van der Waals surface area contributed by atoms with Crippen LogP contribution in [0.1, 0.15) is 128 Å². The van der Waals surface area contributed by atoms with Crippen molar-refractivity contribution in [3.8, 4) is 0 Å². The van der Waals surface area contributed by atoms with Crippen molar-refractivity contribution in [3.05, 3.63) is 35.4 Å². The minimum atomic E-state index is 0.00335. The Labute approximate surface area is 208 Å². The van der Waals surface area contributed by atoms with Crippen LogP contribution in [0.15, 0.2) is 24.3 Å². The molecule has 1 aromatic rings. The standard InChI is InChI=1S/C30H50O4/c1-29(2,21-31)19-9-13-23-11-7-17-27(33-23)25-15-5-6-16-26(25)28-18-8-12-24(34-28)14-10-20-30(3,4)22-32/h5-6,15-16,23-24,27-28,31-32H,7-14,17-22H2,1-4H3. The smallest absolute Gasteiger partial charge is 0.0832 e. The molecule has 0 amide bonds. The zero-order chi connectivity index (χ0) is 24.6. The largest absolute Gasteiger partial charge is 0.396 e. The Morgan fingerprint density at radius 1 is 0.706 bits per heavy atom. The second-order valence-electron chi connectivity index (χ2n) is 12.4. The van der Waals surface area contributed by atoms with Gasteiger partial charge in [-0.1, -0.05) is 64.8 Å². The van der Waals surface area contributed by atoms with Crippen molar-refractivity contribution in [3.63, 3.8) is 0 Å². The van der Waals surface area contributed by atoms with Crippen LogP contribution in [0.25, 0.3) is 0 Å². The number of hydrogen-bond donors (Lipinski definition) is 2. The highest BCUT2D eigenvalue weighted by Crippen LogP contribution is 2.41. The van der Waals surface area contributed by atoms with Gasteiger partial charge in [-0.25, -0.2) is 0 Å². The van der Waals surface area contributed by atoms with Crippen molar-refractivity contribution in [2.24, 2.45) is 10.8 Å². The van der Waals surface area contributed by atoms with Gasteiger partial charge in [-0.3, -0.25) is 0 Å². The minimum absolute atomic E-state index is 0.00335. The lowest BCUT2D eigenvalue weighted by Crippen LogP contribution is -2.27. The van der Waals surface area contributed by atoms with E-state index in [4.69, 9.17) is 9.47 Å². The van der Waals surface area contributed by atoms with Gasteiger partial charge in [0.05, 0.1) is 24.4 Å². The van der Waals surface area contributed by atoms with Crippen molar-refractivity contribution in [2.75, 3.05) is 13.2 Å². The van der Waals surface area contributed by atoms with E-state index < -0.39 is 0 Å². The van der Waals surface area contributed by atoms with Gasteiger partial charge in [0.1, 0.15) is 0 Å². The first-order chi connectivity index (χ1) is 16.2. The van der Waals surface area contributed by atoms with Crippen molar-refractivity contribution in [1.29, 1.82) is 0 Å². The van der Waals surface area contributed by atoms with E-state index in [1.165, 1.54) is 24.0 Å². The Kier molecular flexibility index (Phi) is 10.4. The molecule has 4 atom stereocenters. The second-order valence-corrected chi connectivity index (χ2v) is 12.4. The van der Waals surface area contributed by atoms with E-state index in [2.05, 4.69) is 52.0 Å². The first-order valence-electron chi connectivity index (χ1n) is 13.8. The molecule has 3 rings (SSSR count). The zero-order valence-corrected chi connectivity index (χ0v) is 22.2. The lowest BCUT2D eigenvalue weighted by molar-refractivity contribution is -0.0690. The first kappa shape index (κ1) is 27.6.